The Balaban J connectivity index is 1.70. The van der Waals surface area contributed by atoms with Crippen LogP contribution < -0.4 is 14.8 Å². The number of ether oxygens (including phenoxy) is 2. The molecule has 13 heteroatoms. The number of imidazole rings is 1. The lowest BCUT2D eigenvalue weighted by molar-refractivity contribution is 0.0635. The van der Waals surface area contributed by atoms with Gasteiger partial charge in [0.25, 0.3) is 10.0 Å². The second kappa shape index (κ2) is 10.5. The second-order valence-electron chi connectivity index (χ2n) is 9.49. The predicted molar refractivity (Wildman–Crippen MR) is 141 cm³/mol. The van der Waals surface area contributed by atoms with Crippen molar-refractivity contribution in [1.29, 1.82) is 0 Å². The number of nitrogens with one attached hydrogen (secondary N) is 2. The standard InChI is InChI=1S/C26H27F2N5O5S/c1-6-20-23(31-25(34)38-26(2,3)4)30-22-10-7-15(14-33(20)22)16-11-19(24(37-5)29-13-16)32-39(35,36)21-9-8-17(27)12-18(21)28/h7-14,32H,6H2,1-5H3,(H,31,34). The van der Waals surface area contributed by atoms with Crippen LogP contribution in [-0.4, -0.2) is 41.6 Å². The average Bonchev–Trinajstić information content (AvgIpc) is 3.18. The highest BCUT2D eigenvalue weighted by atomic mass is 32.2. The Bertz CT molecular complexity index is 1670. The molecule has 4 aromatic rings. The monoisotopic (exact) mass is 559 g/mol. The quantitative estimate of drug-likeness (QED) is 0.311. The fourth-order valence-corrected chi connectivity index (χ4v) is 4.95. The molecule has 0 aliphatic carbocycles. The first-order chi connectivity index (χ1) is 18.3. The lowest BCUT2D eigenvalue weighted by Crippen LogP contribution is -2.27. The zero-order valence-corrected chi connectivity index (χ0v) is 22.7. The number of rotatable bonds is 7. The number of aryl methyl sites for hydroxylation is 1. The van der Waals surface area contributed by atoms with Gasteiger partial charge in [-0.3, -0.25) is 10.0 Å². The van der Waals surface area contributed by atoms with Gasteiger partial charge < -0.3 is 13.9 Å². The van der Waals surface area contributed by atoms with E-state index < -0.39 is 38.2 Å². The van der Waals surface area contributed by atoms with Gasteiger partial charge in [-0.2, -0.15) is 0 Å². The van der Waals surface area contributed by atoms with Gasteiger partial charge in [0.05, 0.1) is 12.8 Å². The Kier molecular flexibility index (Phi) is 7.46. The zero-order chi connectivity index (χ0) is 28.5. The summed E-state index contributed by atoms with van der Waals surface area (Å²) < 4.78 is 67.8. The highest BCUT2D eigenvalue weighted by Crippen LogP contribution is 2.31. The van der Waals surface area contributed by atoms with Gasteiger partial charge in [-0.25, -0.2) is 32.0 Å². The van der Waals surface area contributed by atoms with E-state index in [2.05, 4.69) is 20.0 Å². The van der Waals surface area contributed by atoms with Crippen molar-refractivity contribution in [2.24, 2.45) is 0 Å². The molecule has 0 saturated carbocycles. The van der Waals surface area contributed by atoms with E-state index in [1.54, 1.807) is 43.5 Å². The summed E-state index contributed by atoms with van der Waals surface area (Å²) >= 11 is 0. The van der Waals surface area contributed by atoms with Crippen molar-refractivity contribution in [3.05, 3.63) is 66.1 Å². The van der Waals surface area contributed by atoms with Crippen LogP contribution in [-0.2, 0) is 21.2 Å². The minimum Gasteiger partial charge on any atom is -0.480 e. The normalized spacial score (nSPS) is 11.9. The van der Waals surface area contributed by atoms with E-state index in [9.17, 15) is 22.0 Å². The van der Waals surface area contributed by atoms with Crippen LogP contribution >= 0.6 is 0 Å². The maximum atomic E-state index is 14.2. The van der Waals surface area contributed by atoms with Crippen molar-refractivity contribution in [3.8, 4) is 17.0 Å². The van der Waals surface area contributed by atoms with Crippen LogP contribution in [0.3, 0.4) is 0 Å². The molecule has 39 heavy (non-hydrogen) atoms. The molecular formula is C26H27F2N5O5S. The molecule has 0 fully saturated rings. The number of aromatic nitrogens is 3. The molecule has 3 aromatic heterocycles. The molecule has 206 valence electrons. The number of sulfonamides is 1. The Morgan fingerprint density at radius 3 is 2.49 bits per heavy atom. The van der Waals surface area contributed by atoms with Crippen molar-refractivity contribution in [2.75, 3.05) is 17.1 Å². The van der Waals surface area contributed by atoms with E-state index in [0.717, 1.165) is 12.1 Å². The number of amides is 1. The number of anilines is 2. The first-order valence-corrected chi connectivity index (χ1v) is 13.3. The number of hydrogen-bond acceptors (Lipinski definition) is 7. The highest BCUT2D eigenvalue weighted by molar-refractivity contribution is 7.92. The van der Waals surface area contributed by atoms with E-state index in [1.807, 2.05) is 6.92 Å². The topological polar surface area (TPSA) is 124 Å². The minimum atomic E-state index is -4.44. The number of pyridine rings is 2. The number of benzene rings is 1. The highest BCUT2D eigenvalue weighted by Gasteiger charge is 2.23. The largest absolute Gasteiger partial charge is 0.480 e. The zero-order valence-electron chi connectivity index (χ0n) is 21.9. The third-order valence-corrected chi connectivity index (χ3v) is 6.88. The maximum absolute atomic E-state index is 14.2. The summed E-state index contributed by atoms with van der Waals surface area (Å²) in [4.78, 5) is 20.3. The molecule has 2 N–H and O–H groups in total. The van der Waals surface area contributed by atoms with Crippen molar-refractivity contribution < 1.29 is 31.5 Å². The van der Waals surface area contributed by atoms with Gasteiger partial charge in [0, 0.05) is 29.6 Å². The molecule has 3 heterocycles. The first-order valence-electron chi connectivity index (χ1n) is 11.8. The van der Waals surface area contributed by atoms with Crippen LogP contribution in [0.5, 0.6) is 5.88 Å². The van der Waals surface area contributed by atoms with Gasteiger partial charge in [-0.15, -0.1) is 0 Å². The number of hydrogen-bond donors (Lipinski definition) is 2. The van der Waals surface area contributed by atoms with E-state index in [0.29, 0.717) is 40.8 Å². The number of methoxy groups -OCH3 is 1. The summed E-state index contributed by atoms with van der Waals surface area (Å²) in [6, 6.07) is 7.13. The van der Waals surface area contributed by atoms with Gasteiger partial charge in [0.15, 0.2) is 5.82 Å². The molecule has 1 aromatic carbocycles. The molecule has 1 amide bonds. The number of nitrogens with zero attached hydrogens (tertiary/aromatic N) is 3. The minimum absolute atomic E-state index is 0.0487. The van der Waals surface area contributed by atoms with Crippen molar-refractivity contribution >= 4 is 33.3 Å². The van der Waals surface area contributed by atoms with Gasteiger partial charge in [-0.1, -0.05) is 6.92 Å². The van der Waals surface area contributed by atoms with Gasteiger partial charge in [0.2, 0.25) is 5.88 Å². The van der Waals surface area contributed by atoms with Gasteiger partial charge >= 0.3 is 6.09 Å². The molecule has 0 radical (unpaired) electrons. The molecule has 0 bridgehead atoms. The molecule has 0 aliphatic heterocycles. The maximum Gasteiger partial charge on any atom is 0.413 e. The third kappa shape index (κ3) is 6.08. The molecule has 0 spiro atoms. The molecule has 0 aliphatic rings. The Labute approximate surface area is 224 Å². The Morgan fingerprint density at radius 2 is 1.85 bits per heavy atom. The van der Waals surface area contributed by atoms with Crippen molar-refractivity contribution in [3.63, 3.8) is 0 Å². The third-order valence-electron chi connectivity index (χ3n) is 5.48. The fraction of sp³-hybridized carbons (Fsp3) is 0.269. The summed E-state index contributed by atoms with van der Waals surface area (Å²) in [6.07, 6.45) is 3.15. The van der Waals surface area contributed by atoms with E-state index >= 15 is 0 Å². The van der Waals surface area contributed by atoms with Crippen molar-refractivity contribution in [1.82, 2.24) is 14.4 Å². The number of carbonyl (C=O) groups is 1. The van der Waals surface area contributed by atoms with Crippen LogP contribution in [0.4, 0.5) is 25.1 Å². The van der Waals surface area contributed by atoms with E-state index in [-0.39, 0.29) is 11.6 Å². The number of halogens is 2. The van der Waals surface area contributed by atoms with Gasteiger partial charge in [-0.05, 0) is 57.5 Å². The fourth-order valence-electron chi connectivity index (χ4n) is 3.84. The number of fused-ring (bicyclic) bond motifs is 1. The molecule has 0 saturated heterocycles. The Morgan fingerprint density at radius 1 is 1.10 bits per heavy atom. The molecular weight excluding hydrogens is 532 g/mol. The summed E-state index contributed by atoms with van der Waals surface area (Å²) in [6.45, 7) is 7.19. The molecule has 0 atom stereocenters. The number of carbonyl (C=O) groups excluding carboxylic acids is 1. The summed E-state index contributed by atoms with van der Waals surface area (Å²) in [5.74, 6) is -1.84. The summed E-state index contributed by atoms with van der Waals surface area (Å²) in [5, 5.41) is 2.69. The second-order valence-corrected chi connectivity index (χ2v) is 11.1. The smallest absolute Gasteiger partial charge is 0.413 e. The summed E-state index contributed by atoms with van der Waals surface area (Å²) in [5.41, 5.74) is 1.70. The van der Waals surface area contributed by atoms with Gasteiger partial charge in [0.1, 0.15) is 33.5 Å². The van der Waals surface area contributed by atoms with E-state index in [4.69, 9.17) is 9.47 Å². The molecule has 10 nitrogen and oxygen atoms in total. The van der Waals surface area contributed by atoms with Crippen LogP contribution in [0.1, 0.15) is 33.4 Å². The summed E-state index contributed by atoms with van der Waals surface area (Å²) in [7, 11) is -3.13. The predicted octanol–water partition coefficient (Wildman–Crippen LogP) is 5.39. The lowest BCUT2D eigenvalue weighted by atomic mass is 10.1. The van der Waals surface area contributed by atoms with E-state index in [1.165, 1.54) is 19.4 Å². The van der Waals surface area contributed by atoms with Crippen molar-refractivity contribution in [2.45, 2.75) is 44.6 Å². The Hall–Kier alpha value is -4.26. The van der Waals surface area contributed by atoms with Crippen LogP contribution in [0.2, 0.25) is 0 Å². The first kappa shape index (κ1) is 27.8. The van der Waals surface area contributed by atoms with Crippen LogP contribution in [0, 0.1) is 11.6 Å². The van der Waals surface area contributed by atoms with Crippen LogP contribution in [0.15, 0.2) is 53.7 Å². The SMILES string of the molecule is CCc1c(NC(=O)OC(C)(C)C)nc2ccc(-c3cnc(OC)c(NS(=O)(=O)c4ccc(F)cc4F)c3)cn12. The van der Waals surface area contributed by atoms with Crippen LogP contribution in [0.25, 0.3) is 16.8 Å². The lowest BCUT2D eigenvalue weighted by Gasteiger charge is -2.19. The molecule has 4 rings (SSSR count). The molecule has 0 unspecified atom stereocenters. The average molecular weight is 560 g/mol.